The van der Waals surface area contributed by atoms with Crippen molar-refractivity contribution < 1.29 is 9.47 Å². The smallest absolute Gasteiger partial charge is 0.0667 e. The van der Waals surface area contributed by atoms with Crippen LogP contribution in [0.2, 0.25) is 0 Å². The number of nitrogens with one attached hydrogen (secondary N) is 2. The van der Waals surface area contributed by atoms with Gasteiger partial charge in [0, 0.05) is 27.3 Å². The molecular weight excluding hydrogens is 180 g/mol. The largest absolute Gasteiger partial charge is 0.383 e. The first kappa shape index (κ1) is 13.8. The second-order valence-corrected chi connectivity index (χ2v) is 3.35. The van der Waals surface area contributed by atoms with Crippen LogP contribution >= 0.6 is 0 Å². The van der Waals surface area contributed by atoms with Crippen molar-refractivity contribution >= 4 is 0 Å². The zero-order valence-electron chi connectivity index (χ0n) is 9.64. The Balaban J connectivity index is 2.92. The van der Waals surface area contributed by atoms with Gasteiger partial charge in [-0.25, -0.2) is 0 Å². The summed E-state index contributed by atoms with van der Waals surface area (Å²) in [5, 5.41) is 6.62. The third-order valence-electron chi connectivity index (χ3n) is 2.02. The summed E-state index contributed by atoms with van der Waals surface area (Å²) in [5.41, 5.74) is 0. The predicted molar refractivity (Wildman–Crippen MR) is 58.7 cm³/mol. The SMILES string of the molecule is COCCNCCCNCC(C)OC. The molecule has 0 rings (SSSR count). The van der Waals surface area contributed by atoms with Crippen LogP contribution < -0.4 is 10.6 Å². The second kappa shape index (κ2) is 10.9. The average Bonchev–Trinajstić information content (AvgIpc) is 2.21. The van der Waals surface area contributed by atoms with E-state index in [2.05, 4.69) is 17.6 Å². The monoisotopic (exact) mass is 204 g/mol. The van der Waals surface area contributed by atoms with Crippen molar-refractivity contribution in [2.24, 2.45) is 0 Å². The molecule has 4 nitrogen and oxygen atoms in total. The van der Waals surface area contributed by atoms with E-state index in [0.717, 1.165) is 39.2 Å². The molecule has 0 aromatic carbocycles. The Morgan fingerprint density at radius 3 is 2.43 bits per heavy atom. The Kier molecular flexibility index (Phi) is 10.8. The lowest BCUT2D eigenvalue weighted by Crippen LogP contribution is -2.29. The first-order chi connectivity index (χ1) is 6.81. The summed E-state index contributed by atoms with van der Waals surface area (Å²) in [7, 11) is 3.45. The Hall–Kier alpha value is -0.160. The molecule has 0 fully saturated rings. The van der Waals surface area contributed by atoms with Crippen molar-refractivity contribution in [3.8, 4) is 0 Å². The molecule has 1 atom stereocenters. The maximum Gasteiger partial charge on any atom is 0.0667 e. The van der Waals surface area contributed by atoms with Gasteiger partial charge in [-0.05, 0) is 26.4 Å². The summed E-state index contributed by atoms with van der Waals surface area (Å²) < 4.78 is 10.0. The van der Waals surface area contributed by atoms with E-state index < -0.39 is 0 Å². The zero-order valence-corrected chi connectivity index (χ0v) is 9.64. The van der Waals surface area contributed by atoms with Crippen LogP contribution in [0, 0.1) is 0 Å². The van der Waals surface area contributed by atoms with Crippen molar-refractivity contribution in [1.29, 1.82) is 0 Å². The second-order valence-electron chi connectivity index (χ2n) is 3.35. The van der Waals surface area contributed by atoms with Crippen molar-refractivity contribution in [2.45, 2.75) is 19.4 Å². The fourth-order valence-corrected chi connectivity index (χ4v) is 1.03. The summed E-state index contributed by atoms with van der Waals surface area (Å²) in [6.45, 7) is 6.78. The Morgan fingerprint density at radius 1 is 1.07 bits per heavy atom. The Bertz CT molecular complexity index is 112. The van der Waals surface area contributed by atoms with Crippen LogP contribution in [-0.4, -0.2) is 53.1 Å². The van der Waals surface area contributed by atoms with E-state index in [1.54, 1.807) is 14.2 Å². The van der Waals surface area contributed by atoms with Gasteiger partial charge in [-0.3, -0.25) is 0 Å². The molecule has 4 heteroatoms. The molecule has 0 amide bonds. The van der Waals surface area contributed by atoms with Crippen molar-refractivity contribution in [3.05, 3.63) is 0 Å². The van der Waals surface area contributed by atoms with Gasteiger partial charge < -0.3 is 20.1 Å². The minimum Gasteiger partial charge on any atom is -0.383 e. The molecule has 0 spiro atoms. The van der Waals surface area contributed by atoms with Crippen LogP contribution in [0.1, 0.15) is 13.3 Å². The van der Waals surface area contributed by atoms with Gasteiger partial charge in [0.1, 0.15) is 0 Å². The summed E-state index contributed by atoms with van der Waals surface area (Å²) in [4.78, 5) is 0. The molecule has 0 heterocycles. The lowest BCUT2D eigenvalue weighted by Gasteiger charge is -2.10. The molecule has 14 heavy (non-hydrogen) atoms. The van der Waals surface area contributed by atoms with Crippen LogP contribution in [0.5, 0.6) is 0 Å². The highest BCUT2D eigenvalue weighted by molar-refractivity contribution is 4.55. The van der Waals surface area contributed by atoms with Crippen LogP contribution in [-0.2, 0) is 9.47 Å². The van der Waals surface area contributed by atoms with Gasteiger partial charge in [-0.15, -0.1) is 0 Å². The quantitative estimate of drug-likeness (QED) is 0.500. The summed E-state index contributed by atoms with van der Waals surface area (Å²) >= 11 is 0. The minimum atomic E-state index is 0.302. The number of hydrogen-bond donors (Lipinski definition) is 2. The first-order valence-electron chi connectivity index (χ1n) is 5.24. The molecule has 0 aliphatic carbocycles. The fourth-order valence-electron chi connectivity index (χ4n) is 1.03. The number of ether oxygens (including phenoxy) is 2. The molecule has 0 aliphatic rings. The van der Waals surface area contributed by atoms with Gasteiger partial charge in [0.2, 0.25) is 0 Å². The summed E-state index contributed by atoms with van der Waals surface area (Å²) in [5.74, 6) is 0. The zero-order chi connectivity index (χ0) is 10.6. The van der Waals surface area contributed by atoms with E-state index >= 15 is 0 Å². The van der Waals surface area contributed by atoms with Crippen LogP contribution in [0.3, 0.4) is 0 Å². The van der Waals surface area contributed by atoms with Crippen molar-refractivity contribution in [2.75, 3.05) is 47.0 Å². The standard InChI is InChI=1S/C10H24N2O2/c1-10(14-3)9-12-6-4-5-11-7-8-13-2/h10-12H,4-9H2,1-3H3. The van der Waals surface area contributed by atoms with Gasteiger partial charge in [-0.2, -0.15) is 0 Å². The third kappa shape index (κ3) is 9.92. The molecule has 1 unspecified atom stereocenters. The van der Waals surface area contributed by atoms with E-state index in [4.69, 9.17) is 9.47 Å². The predicted octanol–water partition coefficient (Wildman–Crippen LogP) is 0.237. The molecular formula is C10H24N2O2. The molecule has 2 N–H and O–H groups in total. The van der Waals surface area contributed by atoms with Gasteiger partial charge >= 0.3 is 0 Å². The number of hydrogen-bond acceptors (Lipinski definition) is 4. The molecule has 0 aromatic heterocycles. The van der Waals surface area contributed by atoms with E-state index in [9.17, 15) is 0 Å². The van der Waals surface area contributed by atoms with Crippen LogP contribution in [0.4, 0.5) is 0 Å². The highest BCUT2D eigenvalue weighted by atomic mass is 16.5. The van der Waals surface area contributed by atoms with E-state index in [1.165, 1.54) is 0 Å². The fraction of sp³-hybridized carbons (Fsp3) is 1.00. The third-order valence-corrected chi connectivity index (χ3v) is 2.02. The molecule has 0 aromatic rings. The lowest BCUT2D eigenvalue weighted by atomic mass is 10.3. The maximum atomic E-state index is 5.12. The maximum absolute atomic E-state index is 5.12. The first-order valence-corrected chi connectivity index (χ1v) is 5.24. The number of rotatable bonds is 10. The number of methoxy groups -OCH3 is 2. The Labute approximate surface area is 87.4 Å². The molecule has 0 bridgehead atoms. The normalized spacial score (nSPS) is 13.1. The van der Waals surface area contributed by atoms with Gasteiger partial charge in [0.05, 0.1) is 12.7 Å². The highest BCUT2D eigenvalue weighted by Crippen LogP contribution is 1.83. The van der Waals surface area contributed by atoms with E-state index in [1.807, 2.05) is 0 Å². The highest BCUT2D eigenvalue weighted by Gasteiger charge is 1.96. The van der Waals surface area contributed by atoms with Gasteiger partial charge in [-0.1, -0.05) is 0 Å². The minimum absolute atomic E-state index is 0.302. The van der Waals surface area contributed by atoms with E-state index in [0.29, 0.717) is 6.10 Å². The molecule has 86 valence electrons. The molecule has 0 saturated carbocycles. The summed E-state index contributed by atoms with van der Waals surface area (Å²) in [6, 6.07) is 0. The van der Waals surface area contributed by atoms with Crippen molar-refractivity contribution in [3.63, 3.8) is 0 Å². The molecule has 0 saturated heterocycles. The van der Waals surface area contributed by atoms with Crippen molar-refractivity contribution in [1.82, 2.24) is 10.6 Å². The van der Waals surface area contributed by atoms with Crippen LogP contribution in [0.15, 0.2) is 0 Å². The molecule has 0 aliphatic heterocycles. The lowest BCUT2D eigenvalue weighted by molar-refractivity contribution is 0.117. The summed E-state index contributed by atoms with van der Waals surface area (Å²) in [6.07, 6.45) is 1.44. The van der Waals surface area contributed by atoms with Gasteiger partial charge in [0.15, 0.2) is 0 Å². The van der Waals surface area contributed by atoms with Gasteiger partial charge in [0.25, 0.3) is 0 Å². The average molecular weight is 204 g/mol. The van der Waals surface area contributed by atoms with Crippen LogP contribution in [0.25, 0.3) is 0 Å². The topological polar surface area (TPSA) is 42.5 Å². The van der Waals surface area contributed by atoms with E-state index in [-0.39, 0.29) is 0 Å². The molecule has 0 radical (unpaired) electrons. The Morgan fingerprint density at radius 2 is 1.79 bits per heavy atom.